The van der Waals surface area contributed by atoms with Crippen molar-refractivity contribution >= 4 is 39.1 Å². The Morgan fingerprint density at radius 2 is 1.60 bits per heavy atom. The van der Waals surface area contributed by atoms with E-state index >= 15 is 0 Å². The summed E-state index contributed by atoms with van der Waals surface area (Å²) >= 11 is 15.9. The van der Waals surface area contributed by atoms with Crippen molar-refractivity contribution in [1.29, 1.82) is 0 Å². The highest BCUT2D eigenvalue weighted by Gasteiger charge is 2.15. The van der Waals surface area contributed by atoms with Gasteiger partial charge >= 0.3 is 0 Å². The fourth-order valence-electron chi connectivity index (χ4n) is 2.23. The maximum Gasteiger partial charge on any atom is 0.0454 e. The summed E-state index contributed by atoms with van der Waals surface area (Å²) < 4.78 is 1.10. The van der Waals surface area contributed by atoms with Gasteiger partial charge in [0.2, 0.25) is 0 Å². The first kappa shape index (κ1) is 15.8. The van der Waals surface area contributed by atoms with Gasteiger partial charge in [0.05, 0.1) is 0 Å². The Kier molecular flexibility index (Phi) is 5.50. The van der Waals surface area contributed by atoms with Gasteiger partial charge in [0.15, 0.2) is 0 Å². The maximum atomic E-state index is 6.24. The maximum absolute atomic E-state index is 6.24. The SMILES string of the molecule is CC(N[C@@H](C)c1ccccc1Br)c1cc(Cl)ccc1Cl. The van der Waals surface area contributed by atoms with E-state index in [1.807, 2.05) is 30.3 Å². The molecule has 0 radical (unpaired) electrons. The highest BCUT2D eigenvalue weighted by molar-refractivity contribution is 9.10. The lowest BCUT2D eigenvalue weighted by Crippen LogP contribution is -2.23. The van der Waals surface area contributed by atoms with Crippen molar-refractivity contribution in [2.75, 3.05) is 0 Å². The Morgan fingerprint density at radius 3 is 2.30 bits per heavy atom. The van der Waals surface area contributed by atoms with Gasteiger partial charge in [-0.25, -0.2) is 0 Å². The molecule has 2 rings (SSSR count). The highest BCUT2D eigenvalue weighted by atomic mass is 79.9. The van der Waals surface area contributed by atoms with Crippen LogP contribution in [0, 0.1) is 0 Å². The molecule has 2 atom stereocenters. The summed E-state index contributed by atoms with van der Waals surface area (Å²) in [6, 6.07) is 14.1. The first-order valence-electron chi connectivity index (χ1n) is 6.44. The number of benzene rings is 2. The zero-order valence-electron chi connectivity index (χ0n) is 11.3. The van der Waals surface area contributed by atoms with Crippen LogP contribution >= 0.6 is 39.1 Å². The molecule has 0 heterocycles. The third-order valence-electron chi connectivity index (χ3n) is 3.30. The third-order valence-corrected chi connectivity index (χ3v) is 4.60. The van der Waals surface area contributed by atoms with Crippen molar-refractivity contribution in [1.82, 2.24) is 5.32 Å². The van der Waals surface area contributed by atoms with E-state index in [4.69, 9.17) is 23.2 Å². The van der Waals surface area contributed by atoms with E-state index in [0.29, 0.717) is 5.02 Å². The summed E-state index contributed by atoms with van der Waals surface area (Å²) in [4.78, 5) is 0. The zero-order valence-corrected chi connectivity index (χ0v) is 14.4. The number of hydrogen-bond donors (Lipinski definition) is 1. The molecule has 0 aliphatic rings. The topological polar surface area (TPSA) is 12.0 Å². The summed E-state index contributed by atoms with van der Waals surface area (Å²) in [7, 11) is 0. The van der Waals surface area contributed by atoms with Crippen LogP contribution in [0.25, 0.3) is 0 Å². The second-order valence-corrected chi connectivity index (χ2v) is 6.50. The molecule has 0 bridgehead atoms. The molecule has 0 aliphatic heterocycles. The first-order chi connectivity index (χ1) is 9.49. The average molecular weight is 373 g/mol. The molecule has 1 N–H and O–H groups in total. The normalized spacial score (nSPS) is 14.1. The quantitative estimate of drug-likeness (QED) is 0.676. The minimum Gasteiger partial charge on any atom is -0.304 e. The van der Waals surface area contributed by atoms with Crippen molar-refractivity contribution in [3.05, 3.63) is 68.1 Å². The predicted molar refractivity (Wildman–Crippen MR) is 90.6 cm³/mol. The van der Waals surface area contributed by atoms with Crippen LogP contribution in [0.4, 0.5) is 0 Å². The molecule has 0 aliphatic carbocycles. The molecule has 20 heavy (non-hydrogen) atoms. The second-order valence-electron chi connectivity index (χ2n) is 4.80. The molecule has 0 aromatic heterocycles. The lowest BCUT2D eigenvalue weighted by Gasteiger charge is -2.22. The van der Waals surface area contributed by atoms with Crippen LogP contribution in [0.15, 0.2) is 46.9 Å². The summed E-state index contributed by atoms with van der Waals surface area (Å²) in [5.41, 5.74) is 2.23. The summed E-state index contributed by atoms with van der Waals surface area (Å²) in [6.07, 6.45) is 0. The van der Waals surface area contributed by atoms with E-state index < -0.39 is 0 Å². The molecule has 1 unspecified atom stereocenters. The van der Waals surface area contributed by atoms with Gasteiger partial charge in [-0.15, -0.1) is 0 Å². The van der Waals surface area contributed by atoms with E-state index in [9.17, 15) is 0 Å². The Balaban J connectivity index is 2.17. The number of nitrogens with one attached hydrogen (secondary N) is 1. The third kappa shape index (κ3) is 3.76. The molecule has 0 amide bonds. The Hall–Kier alpha value is -0.540. The van der Waals surface area contributed by atoms with Gasteiger partial charge in [0, 0.05) is 26.6 Å². The van der Waals surface area contributed by atoms with E-state index in [1.165, 1.54) is 5.56 Å². The average Bonchev–Trinajstić information content (AvgIpc) is 2.41. The molecule has 2 aromatic rings. The predicted octanol–water partition coefficient (Wildman–Crippen LogP) is 6.17. The fourth-order valence-corrected chi connectivity index (χ4v) is 3.32. The van der Waals surface area contributed by atoms with Crippen LogP contribution in [0.3, 0.4) is 0 Å². The standard InChI is InChI=1S/C16H16BrCl2N/c1-10(13-5-3-4-6-15(13)17)20-11(2)14-9-12(18)7-8-16(14)19/h3-11,20H,1-2H3/t10-,11?/m0/s1. The molecular weight excluding hydrogens is 357 g/mol. The minimum atomic E-state index is 0.114. The van der Waals surface area contributed by atoms with Crippen LogP contribution < -0.4 is 5.32 Å². The van der Waals surface area contributed by atoms with Crippen molar-refractivity contribution in [3.8, 4) is 0 Å². The van der Waals surface area contributed by atoms with Crippen molar-refractivity contribution < 1.29 is 0 Å². The van der Waals surface area contributed by atoms with Crippen LogP contribution in [0.1, 0.15) is 37.1 Å². The van der Waals surface area contributed by atoms with Crippen molar-refractivity contribution in [2.45, 2.75) is 25.9 Å². The number of hydrogen-bond acceptors (Lipinski definition) is 1. The van der Waals surface area contributed by atoms with Gasteiger partial charge in [-0.1, -0.05) is 57.3 Å². The van der Waals surface area contributed by atoms with Crippen LogP contribution in [-0.4, -0.2) is 0 Å². The molecule has 106 valence electrons. The molecule has 0 saturated heterocycles. The number of halogens is 3. The van der Waals surface area contributed by atoms with Gasteiger partial charge in [0.1, 0.15) is 0 Å². The van der Waals surface area contributed by atoms with E-state index in [1.54, 1.807) is 6.07 Å². The minimum absolute atomic E-state index is 0.114. The van der Waals surface area contributed by atoms with Gasteiger partial charge < -0.3 is 5.32 Å². The fraction of sp³-hybridized carbons (Fsp3) is 0.250. The highest BCUT2D eigenvalue weighted by Crippen LogP contribution is 2.29. The van der Waals surface area contributed by atoms with Crippen molar-refractivity contribution in [3.63, 3.8) is 0 Å². The van der Waals surface area contributed by atoms with Crippen LogP contribution in [0.5, 0.6) is 0 Å². The van der Waals surface area contributed by atoms with E-state index in [0.717, 1.165) is 15.1 Å². The summed E-state index contributed by atoms with van der Waals surface area (Å²) in [5, 5.41) is 4.98. The number of rotatable bonds is 4. The Bertz CT molecular complexity index is 601. The molecule has 0 saturated carbocycles. The lowest BCUT2D eigenvalue weighted by molar-refractivity contribution is 0.493. The molecule has 0 spiro atoms. The van der Waals surface area contributed by atoms with Gasteiger partial charge in [-0.2, -0.15) is 0 Å². The van der Waals surface area contributed by atoms with Crippen LogP contribution in [-0.2, 0) is 0 Å². The zero-order chi connectivity index (χ0) is 14.7. The molecule has 4 heteroatoms. The molecule has 2 aromatic carbocycles. The van der Waals surface area contributed by atoms with Gasteiger partial charge in [-0.3, -0.25) is 0 Å². The largest absolute Gasteiger partial charge is 0.304 e. The van der Waals surface area contributed by atoms with Gasteiger partial charge in [-0.05, 0) is 49.2 Å². The van der Waals surface area contributed by atoms with E-state index in [-0.39, 0.29) is 12.1 Å². The molecule has 0 fully saturated rings. The van der Waals surface area contributed by atoms with Crippen molar-refractivity contribution in [2.24, 2.45) is 0 Å². The van der Waals surface area contributed by atoms with Gasteiger partial charge in [0.25, 0.3) is 0 Å². The monoisotopic (exact) mass is 371 g/mol. The second kappa shape index (κ2) is 6.95. The first-order valence-corrected chi connectivity index (χ1v) is 7.99. The summed E-state index contributed by atoms with van der Waals surface area (Å²) in [6.45, 7) is 4.22. The molecule has 1 nitrogen and oxygen atoms in total. The molecular formula is C16H16BrCl2N. The van der Waals surface area contributed by atoms with E-state index in [2.05, 4.69) is 41.2 Å². The lowest BCUT2D eigenvalue weighted by atomic mass is 10.0. The Labute approximate surface area is 138 Å². The summed E-state index contributed by atoms with van der Waals surface area (Å²) in [5.74, 6) is 0. The Morgan fingerprint density at radius 1 is 0.950 bits per heavy atom. The smallest absolute Gasteiger partial charge is 0.0454 e. The van der Waals surface area contributed by atoms with Crippen LogP contribution in [0.2, 0.25) is 10.0 Å².